The molecule has 0 aliphatic heterocycles. The zero-order valence-electron chi connectivity index (χ0n) is 26.5. The van der Waals surface area contributed by atoms with Crippen molar-refractivity contribution in [2.45, 2.75) is 85.3 Å². The summed E-state index contributed by atoms with van der Waals surface area (Å²) in [5.41, 5.74) is 4.92. The molecule has 0 radical (unpaired) electrons. The van der Waals surface area contributed by atoms with Gasteiger partial charge < -0.3 is 15.5 Å². The van der Waals surface area contributed by atoms with Crippen LogP contribution in [0.5, 0.6) is 5.75 Å². The van der Waals surface area contributed by atoms with Crippen LogP contribution < -0.4 is 15.4 Å². The van der Waals surface area contributed by atoms with E-state index < -0.39 is 0 Å². The van der Waals surface area contributed by atoms with Gasteiger partial charge in [0.15, 0.2) is 5.65 Å². The zero-order chi connectivity index (χ0) is 31.4. The van der Waals surface area contributed by atoms with E-state index in [-0.39, 0.29) is 35.9 Å². The number of urea groups is 1. The topological polar surface area (TPSA) is 117 Å². The van der Waals surface area contributed by atoms with Crippen molar-refractivity contribution < 1.29 is 9.53 Å². The summed E-state index contributed by atoms with van der Waals surface area (Å²) in [7, 11) is 0. The Bertz CT molecular complexity index is 1660. The minimum Gasteiger partial charge on any atom is -0.484 e. The third-order valence-corrected chi connectivity index (χ3v) is 7.98. The van der Waals surface area contributed by atoms with Crippen LogP contribution in [-0.4, -0.2) is 32.2 Å². The average molecular weight is 594 g/mol. The van der Waals surface area contributed by atoms with Crippen LogP contribution in [0.4, 0.5) is 10.5 Å². The minimum absolute atomic E-state index is 0.164. The molecule has 0 spiro atoms. The first-order valence-corrected chi connectivity index (χ1v) is 15.4. The maximum absolute atomic E-state index is 13.5. The maximum atomic E-state index is 13.5. The molecule has 2 aromatic carbocycles. The molecule has 5 rings (SSSR count). The summed E-state index contributed by atoms with van der Waals surface area (Å²) >= 11 is 0. The molecular weight excluding hydrogens is 550 g/mol. The van der Waals surface area contributed by atoms with Crippen molar-refractivity contribution in [3.8, 4) is 5.75 Å². The van der Waals surface area contributed by atoms with E-state index >= 15 is 0 Å². The zero-order valence-corrected chi connectivity index (χ0v) is 26.5. The van der Waals surface area contributed by atoms with Crippen LogP contribution in [0.1, 0.15) is 101 Å². The third kappa shape index (κ3) is 7.33. The number of pyridine rings is 1. The Kier molecular flexibility index (Phi) is 9.13. The molecule has 1 aliphatic carbocycles. The van der Waals surface area contributed by atoms with E-state index in [0.29, 0.717) is 11.5 Å². The van der Waals surface area contributed by atoms with E-state index in [4.69, 9.17) is 15.1 Å². The number of hydrogen-bond donors (Lipinski definition) is 3. The van der Waals surface area contributed by atoms with Gasteiger partial charge in [-0.05, 0) is 67.0 Å². The molecule has 230 valence electrons. The van der Waals surface area contributed by atoms with Crippen molar-refractivity contribution in [2.75, 3.05) is 0 Å². The smallest absolute Gasteiger partial charge is 0.320 e. The first-order chi connectivity index (χ1) is 21.0. The monoisotopic (exact) mass is 593 g/mol. The molecule has 0 fully saturated rings. The first-order valence-electron chi connectivity index (χ1n) is 15.4. The van der Waals surface area contributed by atoms with Crippen molar-refractivity contribution in [2.24, 2.45) is 10.4 Å². The third-order valence-electron chi connectivity index (χ3n) is 7.98. The number of rotatable bonds is 7. The Morgan fingerprint density at radius 3 is 2.48 bits per heavy atom. The summed E-state index contributed by atoms with van der Waals surface area (Å²) < 4.78 is 8.59. The van der Waals surface area contributed by atoms with Crippen LogP contribution in [0.2, 0.25) is 0 Å². The molecule has 0 saturated carbocycles. The predicted octanol–water partition coefficient (Wildman–Crippen LogP) is 7.99. The van der Waals surface area contributed by atoms with Crippen molar-refractivity contribution in [3.05, 3.63) is 89.4 Å². The fourth-order valence-corrected chi connectivity index (χ4v) is 5.37. The SMILES string of the molecule is Cc1ccc(N=C(CC(=N)C(C)(C)C)NC(=O)NC2CCCC(Oc3ccc4nnc(C(C)C)n4c3)c3ccccc32)cc1. The molecule has 0 bridgehead atoms. The lowest BCUT2D eigenvalue weighted by Gasteiger charge is -2.24. The maximum Gasteiger partial charge on any atom is 0.320 e. The summed E-state index contributed by atoms with van der Waals surface area (Å²) in [6, 6.07) is 19.3. The van der Waals surface area contributed by atoms with E-state index in [1.54, 1.807) is 0 Å². The van der Waals surface area contributed by atoms with E-state index in [9.17, 15) is 4.79 Å². The molecule has 9 heteroatoms. The molecule has 9 nitrogen and oxygen atoms in total. The second-order valence-corrected chi connectivity index (χ2v) is 12.9. The van der Waals surface area contributed by atoms with Gasteiger partial charge in [0.05, 0.1) is 17.9 Å². The summed E-state index contributed by atoms with van der Waals surface area (Å²) in [6.07, 6.45) is 4.51. The number of fused-ring (bicyclic) bond motifs is 2. The Balaban J connectivity index is 1.35. The lowest BCUT2D eigenvalue weighted by molar-refractivity contribution is 0.193. The number of ether oxygens (including phenoxy) is 1. The first kappa shape index (κ1) is 30.9. The second kappa shape index (κ2) is 13.0. The Labute approximate surface area is 259 Å². The van der Waals surface area contributed by atoms with Gasteiger partial charge in [-0.1, -0.05) is 76.6 Å². The summed E-state index contributed by atoms with van der Waals surface area (Å²) in [4.78, 5) is 18.2. The number of hydrogen-bond acceptors (Lipinski definition) is 6. The van der Waals surface area contributed by atoms with E-state index in [0.717, 1.165) is 58.9 Å². The van der Waals surface area contributed by atoms with Crippen LogP contribution in [0.3, 0.4) is 0 Å². The molecule has 2 aromatic heterocycles. The van der Waals surface area contributed by atoms with Gasteiger partial charge >= 0.3 is 6.03 Å². The lowest BCUT2D eigenvalue weighted by atomic mass is 9.88. The predicted molar refractivity (Wildman–Crippen MR) is 175 cm³/mol. The van der Waals surface area contributed by atoms with Crippen molar-refractivity contribution in [1.29, 1.82) is 5.41 Å². The van der Waals surface area contributed by atoms with Gasteiger partial charge in [-0.2, -0.15) is 0 Å². The van der Waals surface area contributed by atoms with Crippen LogP contribution in [0.25, 0.3) is 5.65 Å². The molecule has 0 saturated heterocycles. The van der Waals surface area contributed by atoms with Crippen molar-refractivity contribution in [1.82, 2.24) is 25.2 Å². The van der Waals surface area contributed by atoms with E-state index in [1.807, 2.05) is 86.8 Å². The molecular formula is C35H43N7O2. The molecule has 2 heterocycles. The summed E-state index contributed by atoms with van der Waals surface area (Å²) in [5, 5.41) is 23.4. The number of carbonyl (C=O) groups is 1. The number of aromatic nitrogens is 3. The Morgan fingerprint density at radius 1 is 1.05 bits per heavy atom. The number of aliphatic imine (C=N–C) groups is 1. The van der Waals surface area contributed by atoms with Crippen molar-refractivity contribution >= 4 is 28.9 Å². The van der Waals surface area contributed by atoms with Gasteiger partial charge in [0.1, 0.15) is 23.5 Å². The van der Waals surface area contributed by atoms with Crippen LogP contribution in [0, 0.1) is 17.7 Å². The fourth-order valence-electron chi connectivity index (χ4n) is 5.37. The molecule has 2 atom stereocenters. The molecule has 2 unspecified atom stereocenters. The summed E-state index contributed by atoms with van der Waals surface area (Å²) in [5.74, 6) is 2.32. The van der Waals surface area contributed by atoms with Gasteiger partial charge in [0, 0.05) is 18.1 Å². The van der Waals surface area contributed by atoms with Gasteiger partial charge in [-0.15, -0.1) is 10.2 Å². The normalized spacial score (nSPS) is 17.2. The number of aryl methyl sites for hydroxylation is 1. The van der Waals surface area contributed by atoms with E-state index in [2.05, 4.69) is 46.8 Å². The van der Waals surface area contributed by atoms with Gasteiger partial charge in [-0.25, -0.2) is 9.79 Å². The molecule has 2 amide bonds. The highest BCUT2D eigenvalue weighted by Gasteiger charge is 2.28. The highest BCUT2D eigenvalue weighted by Crippen LogP contribution is 2.37. The van der Waals surface area contributed by atoms with Crippen LogP contribution in [-0.2, 0) is 0 Å². The number of nitrogens with one attached hydrogen (secondary N) is 3. The molecule has 3 N–H and O–H groups in total. The highest BCUT2D eigenvalue weighted by molar-refractivity contribution is 6.09. The van der Waals surface area contributed by atoms with E-state index in [1.165, 1.54) is 0 Å². The largest absolute Gasteiger partial charge is 0.484 e. The molecule has 4 aromatic rings. The Morgan fingerprint density at radius 2 is 1.77 bits per heavy atom. The van der Waals surface area contributed by atoms with Gasteiger partial charge in [-0.3, -0.25) is 9.72 Å². The Hall–Kier alpha value is -4.53. The van der Waals surface area contributed by atoms with Gasteiger partial charge in [0.2, 0.25) is 0 Å². The number of carbonyl (C=O) groups excluding carboxylic acids is 1. The minimum atomic E-state index is -0.337. The quantitative estimate of drug-likeness (QED) is 0.114. The van der Waals surface area contributed by atoms with Crippen molar-refractivity contribution in [3.63, 3.8) is 0 Å². The lowest BCUT2D eigenvalue weighted by Crippen LogP contribution is -2.42. The van der Waals surface area contributed by atoms with Gasteiger partial charge in [0.25, 0.3) is 0 Å². The average Bonchev–Trinajstić information content (AvgIpc) is 3.33. The number of benzene rings is 2. The second-order valence-electron chi connectivity index (χ2n) is 12.9. The standard InChI is InChI=1S/C35H43N7O2/c1-22(2)33-41-40-32-19-18-25(21-42(32)33)44-29-13-9-12-28(26-10-7-8-11-27(26)29)38-34(43)39-31(20-30(36)35(4,5)6)37-24-16-14-23(3)15-17-24/h7-8,10-11,14-19,21-22,28-29,36H,9,12-13,20H2,1-6H3,(H2,37,38,39,43). The number of nitrogens with zero attached hydrogens (tertiary/aromatic N) is 4. The highest BCUT2D eigenvalue weighted by atomic mass is 16.5. The fraction of sp³-hybridized carbons (Fsp3) is 0.400. The number of amides is 2. The van der Waals surface area contributed by atoms with Crippen LogP contribution >= 0.6 is 0 Å². The molecule has 1 aliphatic rings. The van der Waals surface area contributed by atoms with Crippen LogP contribution in [0.15, 0.2) is 71.9 Å². The number of amidine groups is 1. The molecule has 44 heavy (non-hydrogen) atoms. The summed E-state index contributed by atoms with van der Waals surface area (Å²) in [6.45, 7) is 12.2.